The van der Waals surface area contributed by atoms with Crippen molar-refractivity contribution in [3.8, 4) is 0 Å². The van der Waals surface area contributed by atoms with Crippen LogP contribution in [-0.4, -0.2) is 47.0 Å². The molecule has 1 unspecified atom stereocenters. The van der Waals surface area contributed by atoms with Gasteiger partial charge in [0.2, 0.25) is 0 Å². The van der Waals surface area contributed by atoms with Crippen LogP contribution in [0.3, 0.4) is 0 Å². The maximum atomic E-state index is 13.0. The van der Waals surface area contributed by atoms with Crippen molar-refractivity contribution in [3.05, 3.63) is 69.2 Å². The van der Waals surface area contributed by atoms with Crippen LogP contribution in [0.25, 0.3) is 11.1 Å². The third kappa shape index (κ3) is 3.34. The number of carbonyl (C=O) groups excluding carboxylic acids is 1. The van der Waals surface area contributed by atoms with Gasteiger partial charge in [-0.15, -0.1) is 0 Å². The Morgan fingerprint density at radius 3 is 2.73 bits per heavy atom. The Bertz CT molecular complexity index is 1160. The Morgan fingerprint density at radius 1 is 1.13 bits per heavy atom. The van der Waals surface area contributed by atoms with E-state index < -0.39 is 5.76 Å². The highest BCUT2D eigenvalue weighted by molar-refractivity contribution is 5.99. The SMILES string of the molecule is COC1CCN(Cc2ccc3c(c2)[C@H](C)N(Cc2ccc4[nH]c(=O)oc4c2)C3=O)C1. The van der Waals surface area contributed by atoms with E-state index >= 15 is 0 Å². The summed E-state index contributed by atoms with van der Waals surface area (Å²) in [7, 11) is 1.77. The number of aromatic nitrogens is 1. The number of oxazole rings is 1. The van der Waals surface area contributed by atoms with Crippen LogP contribution in [0, 0.1) is 0 Å². The number of ether oxygens (including phenoxy) is 1. The molecule has 0 bridgehead atoms. The lowest BCUT2D eigenvalue weighted by molar-refractivity contribution is 0.0723. The Labute approximate surface area is 174 Å². The minimum atomic E-state index is -0.470. The third-order valence-corrected chi connectivity index (χ3v) is 6.33. The van der Waals surface area contributed by atoms with Crippen molar-refractivity contribution in [3.63, 3.8) is 0 Å². The van der Waals surface area contributed by atoms with E-state index in [1.165, 1.54) is 5.56 Å². The van der Waals surface area contributed by atoms with Crippen LogP contribution in [0.2, 0.25) is 0 Å². The van der Waals surface area contributed by atoms with Crippen molar-refractivity contribution in [1.82, 2.24) is 14.8 Å². The number of nitrogens with one attached hydrogen (secondary N) is 1. The highest BCUT2D eigenvalue weighted by atomic mass is 16.5. The average Bonchev–Trinajstić information content (AvgIpc) is 3.40. The summed E-state index contributed by atoms with van der Waals surface area (Å²) >= 11 is 0. The van der Waals surface area contributed by atoms with Gasteiger partial charge in [0.05, 0.1) is 17.7 Å². The second-order valence-electron chi connectivity index (χ2n) is 8.26. The topological polar surface area (TPSA) is 78.8 Å². The molecule has 3 aromatic rings. The predicted octanol–water partition coefficient (Wildman–Crippen LogP) is 3.06. The maximum absolute atomic E-state index is 13.0. The monoisotopic (exact) mass is 407 g/mol. The van der Waals surface area contributed by atoms with Crippen molar-refractivity contribution in [2.75, 3.05) is 20.2 Å². The molecule has 7 nitrogen and oxygen atoms in total. The summed E-state index contributed by atoms with van der Waals surface area (Å²) < 4.78 is 10.6. The van der Waals surface area contributed by atoms with Crippen LogP contribution in [0.1, 0.15) is 46.4 Å². The summed E-state index contributed by atoms with van der Waals surface area (Å²) in [5, 5.41) is 0. The molecule has 30 heavy (non-hydrogen) atoms. The number of hydrogen-bond acceptors (Lipinski definition) is 5. The molecule has 0 spiro atoms. The van der Waals surface area contributed by atoms with Gasteiger partial charge < -0.3 is 14.1 Å². The Morgan fingerprint density at radius 2 is 1.93 bits per heavy atom. The standard InChI is InChI=1S/C23H25N3O4/c1-14-19-9-15(11-25-8-7-17(13-25)29-2)3-5-18(19)22(27)26(14)12-16-4-6-20-21(10-16)30-23(28)24-20/h3-6,9-10,14,17H,7-8,11-13H2,1-2H3,(H,24,28)/t14-,17?/m0/s1. The molecule has 0 radical (unpaired) electrons. The minimum Gasteiger partial charge on any atom is -0.408 e. The second kappa shape index (κ2) is 7.41. The molecule has 1 N–H and O–H groups in total. The fourth-order valence-electron chi connectivity index (χ4n) is 4.63. The molecule has 5 rings (SSSR count). The first-order valence-electron chi connectivity index (χ1n) is 10.3. The minimum absolute atomic E-state index is 0.00770. The molecule has 1 amide bonds. The zero-order valence-electron chi connectivity index (χ0n) is 17.2. The van der Waals surface area contributed by atoms with Crippen LogP contribution < -0.4 is 5.76 Å². The van der Waals surface area contributed by atoms with Gasteiger partial charge in [-0.05, 0) is 48.2 Å². The molecule has 2 atom stereocenters. The Balaban J connectivity index is 1.34. The molecular formula is C23H25N3O4. The van der Waals surface area contributed by atoms with E-state index in [4.69, 9.17) is 9.15 Å². The van der Waals surface area contributed by atoms with E-state index in [1.807, 2.05) is 29.2 Å². The molecule has 0 saturated carbocycles. The van der Waals surface area contributed by atoms with Gasteiger partial charge in [0, 0.05) is 38.9 Å². The molecule has 2 aromatic carbocycles. The summed E-state index contributed by atoms with van der Waals surface area (Å²) in [5.41, 5.74) is 5.18. The number of H-pyrrole nitrogens is 1. The summed E-state index contributed by atoms with van der Waals surface area (Å²) in [5.74, 6) is -0.428. The maximum Gasteiger partial charge on any atom is 0.417 e. The van der Waals surface area contributed by atoms with Gasteiger partial charge in [-0.2, -0.15) is 0 Å². The fraction of sp³-hybridized carbons (Fsp3) is 0.391. The highest BCUT2D eigenvalue weighted by Crippen LogP contribution is 2.35. The number of benzene rings is 2. The Kier molecular flexibility index (Phi) is 4.72. The van der Waals surface area contributed by atoms with Gasteiger partial charge >= 0.3 is 5.76 Å². The van der Waals surface area contributed by atoms with Crippen molar-refractivity contribution in [2.45, 2.75) is 38.6 Å². The van der Waals surface area contributed by atoms with E-state index in [0.29, 0.717) is 23.7 Å². The molecule has 2 aliphatic rings. The predicted molar refractivity (Wildman–Crippen MR) is 112 cm³/mol. The van der Waals surface area contributed by atoms with Crippen LogP contribution in [-0.2, 0) is 17.8 Å². The molecule has 1 saturated heterocycles. The first-order valence-corrected chi connectivity index (χ1v) is 10.3. The fourth-order valence-corrected chi connectivity index (χ4v) is 4.63. The molecular weight excluding hydrogens is 382 g/mol. The number of carbonyl (C=O) groups is 1. The van der Waals surface area contributed by atoms with Gasteiger partial charge in [-0.3, -0.25) is 14.7 Å². The van der Waals surface area contributed by atoms with Crippen molar-refractivity contribution in [2.24, 2.45) is 0 Å². The number of amides is 1. The number of nitrogens with zero attached hydrogens (tertiary/aromatic N) is 2. The average molecular weight is 407 g/mol. The number of likely N-dealkylation sites (tertiary alicyclic amines) is 1. The normalized spacial score (nSPS) is 21.7. The summed E-state index contributed by atoms with van der Waals surface area (Å²) in [4.78, 5) is 31.3. The van der Waals surface area contributed by atoms with Crippen LogP contribution in [0.5, 0.6) is 0 Å². The number of rotatable bonds is 5. The van der Waals surface area contributed by atoms with Crippen LogP contribution >= 0.6 is 0 Å². The largest absolute Gasteiger partial charge is 0.417 e. The van der Waals surface area contributed by atoms with E-state index in [-0.39, 0.29) is 11.9 Å². The zero-order chi connectivity index (χ0) is 20.8. The third-order valence-electron chi connectivity index (χ3n) is 6.33. The van der Waals surface area contributed by atoms with Gasteiger partial charge in [0.25, 0.3) is 5.91 Å². The lowest BCUT2D eigenvalue weighted by atomic mass is 10.0. The molecule has 1 fully saturated rings. The van der Waals surface area contributed by atoms with E-state index in [1.54, 1.807) is 7.11 Å². The van der Waals surface area contributed by atoms with Gasteiger partial charge in [0.1, 0.15) is 0 Å². The molecule has 3 heterocycles. The number of methoxy groups -OCH3 is 1. The first-order chi connectivity index (χ1) is 14.5. The lowest BCUT2D eigenvalue weighted by Gasteiger charge is -2.22. The van der Waals surface area contributed by atoms with Gasteiger partial charge in [-0.1, -0.05) is 18.2 Å². The second-order valence-corrected chi connectivity index (χ2v) is 8.26. The summed E-state index contributed by atoms with van der Waals surface area (Å²) in [6.07, 6.45) is 1.38. The van der Waals surface area contributed by atoms with E-state index in [9.17, 15) is 9.59 Å². The molecule has 0 aliphatic carbocycles. The van der Waals surface area contributed by atoms with E-state index in [2.05, 4.69) is 28.9 Å². The summed E-state index contributed by atoms with van der Waals surface area (Å²) in [6.45, 7) is 5.40. The van der Waals surface area contributed by atoms with Crippen molar-refractivity contribution in [1.29, 1.82) is 0 Å². The quantitative estimate of drug-likeness (QED) is 0.703. The number of aromatic amines is 1. The van der Waals surface area contributed by atoms with E-state index in [0.717, 1.165) is 42.7 Å². The molecule has 156 valence electrons. The zero-order valence-corrected chi connectivity index (χ0v) is 17.2. The Hall–Kier alpha value is -2.90. The molecule has 7 heteroatoms. The van der Waals surface area contributed by atoms with Crippen molar-refractivity contribution >= 4 is 17.0 Å². The van der Waals surface area contributed by atoms with Gasteiger partial charge in [-0.25, -0.2) is 4.79 Å². The number of fused-ring (bicyclic) bond motifs is 2. The lowest BCUT2D eigenvalue weighted by Crippen LogP contribution is -2.26. The summed E-state index contributed by atoms with van der Waals surface area (Å²) in [6, 6.07) is 11.7. The van der Waals surface area contributed by atoms with Crippen molar-refractivity contribution < 1.29 is 13.9 Å². The molecule has 2 aliphatic heterocycles. The van der Waals surface area contributed by atoms with Crippen LogP contribution in [0.4, 0.5) is 0 Å². The number of hydrogen-bond donors (Lipinski definition) is 1. The molecule has 1 aromatic heterocycles. The first kappa shape index (κ1) is 19.1. The van der Waals surface area contributed by atoms with Gasteiger partial charge in [0.15, 0.2) is 5.58 Å². The smallest absolute Gasteiger partial charge is 0.408 e. The highest BCUT2D eigenvalue weighted by Gasteiger charge is 2.34. The van der Waals surface area contributed by atoms with Crippen LogP contribution in [0.15, 0.2) is 45.6 Å².